The normalized spacial score (nSPS) is 10.3. The molecule has 3 rings (SSSR count). The van der Waals surface area contributed by atoms with Gasteiger partial charge in [-0.15, -0.1) is 0 Å². The first-order valence-corrected chi connectivity index (χ1v) is 8.88. The molecular formula is C23H23NO2. The van der Waals surface area contributed by atoms with Crippen LogP contribution < -0.4 is 10.1 Å². The molecule has 0 heterocycles. The molecule has 132 valence electrons. The Labute approximate surface area is 154 Å². The minimum atomic E-state index is -0.0188. The van der Waals surface area contributed by atoms with Crippen LogP contribution in [0.15, 0.2) is 78.9 Å². The number of carbonyl (C=O) groups excluding carboxylic acids is 1. The summed E-state index contributed by atoms with van der Waals surface area (Å²) in [6.07, 6.45) is 1.13. The Kier molecular flexibility index (Phi) is 6.05. The maximum atomic E-state index is 12.5. The van der Waals surface area contributed by atoms with E-state index in [0.29, 0.717) is 13.0 Å². The van der Waals surface area contributed by atoms with Gasteiger partial charge in [0.15, 0.2) is 0 Å². The van der Waals surface area contributed by atoms with E-state index >= 15 is 0 Å². The Bertz CT molecular complexity index is 842. The fraction of sp³-hybridized carbons (Fsp3) is 0.174. The first kappa shape index (κ1) is 17.7. The standard InChI is InChI=1S/C23H23NO2/c1-2-26-21-14-12-19(13-15-21)17-23(25)24-22-11-7-6-10-20(22)16-18-8-4-3-5-9-18/h3-15H,2,16-17H2,1H3,(H,24,25). The number of ether oxygens (including phenoxy) is 1. The van der Waals surface area contributed by atoms with E-state index in [4.69, 9.17) is 4.74 Å². The number of anilines is 1. The molecule has 1 amide bonds. The average Bonchev–Trinajstić information content (AvgIpc) is 2.66. The van der Waals surface area contributed by atoms with Gasteiger partial charge in [-0.05, 0) is 48.2 Å². The molecule has 3 aromatic rings. The van der Waals surface area contributed by atoms with E-state index in [0.717, 1.165) is 29.0 Å². The highest BCUT2D eigenvalue weighted by molar-refractivity contribution is 5.93. The minimum Gasteiger partial charge on any atom is -0.494 e. The maximum absolute atomic E-state index is 12.5. The Balaban J connectivity index is 1.65. The molecule has 0 radical (unpaired) electrons. The van der Waals surface area contributed by atoms with Crippen LogP contribution in [0.25, 0.3) is 0 Å². The summed E-state index contributed by atoms with van der Waals surface area (Å²) in [4.78, 5) is 12.5. The molecule has 0 aliphatic heterocycles. The van der Waals surface area contributed by atoms with Gasteiger partial charge in [-0.25, -0.2) is 0 Å². The lowest BCUT2D eigenvalue weighted by molar-refractivity contribution is -0.115. The van der Waals surface area contributed by atoms with Gasteiger partial charge in [0.25, 0.3) is 0 Å². The third-order valence-electron chi connectivity index (χ3n) is 4.13. The van der Waals surface area contributed by atoms with Crippen LogP contribution in [-0.2, 0) is 17.6 Å². The van der Waals surface area contributed by atoms with Gasteiger partial charge in [0.1, 0.15) is 5.75 Å². The fourth-order valence-electron chi connectivity index (χ4n) is 2.86. The molecule has 3 nitrogen and oxygen atoms in total. The van der Waals surface area contributed by atoms with Gasteiger partial charge in [-0.3, -0.25) is 4.79 Å². The van der Waals surface area contributed by atoms with Crippen molar-refractivity contribution in [2.75, 3.05) is 11.9 Å². The number of hydrogen-bond donors (Lipinski definition) is 1. The zero-order valence-corrected chi connectivity index (χ0v) is 14.9. The van der Waals surface area contributed by atoms with Crippen molar-refractivity contribution in [3.63, 3.8) is 0 Å². The number of amides is 1. The predicted octanol–water partition coefficient (Wildman–Crippen LogP) is 4.86. The Morgan fingerprint density at radius 2 is 1.54 bits per heavy atom. The molecule has 0 saturated heterocycles. The van der Waals surface area contributed by atoms with Crippen LogP contribution in [0.5, 0.6) is 5.75 Å². The molecule has 0 unspecified atom stereocenters. The summed E-state index contributed by atoms with van der Waals surface area (Å²) in [6.45, 7) is 2.59. The lowest BCUT2D eigenvalue weighted by atomic mass is 10.0. The van der Waals surface area contributed by atoms with Gasteiger partial charge in [0.05, 0.1) is 13.0 Å². The third kappa shape index (κ3) is 4.96. The van der Waals surface area contributed by atoms with E-state index in [1.54, 1.807) is 0 Å². The number of benzene rings is 3. The third-order valence-corrected chi connectivity index (χ3v) is 4.13. The summed E-state index contributed by atoms with van der Waals surface area (Å²) in [5.74, 6) is 0.805. The number of rotatable bonds is 7. The van der Waals surface area contributed by atoms with Gasteiger partial charge in [0, 0.05) is 5.69 Å². The summed E-state index contributed by atoms with van der Waals surface area (Å²) < 4.78 is 5.43. The molecular weight excluding hydrogens is 322 g/mol. The van der Waals surface area contributed by atoms with Crippen molar-refractivity contribution in [3.8, 4) is 5.75 Å². The van der Waals surface area contributed by atoms with Crippen molar-refractivity contribution in [2.45, 2.75) is 19.8 Å². The van der Waals surface area contributed by atoms with E-state index in [2.05, 4.69) is 23.5 Å². The van der Waals surface area contributed by atoms with E-state index in [1.807, 2.05) is 67.6 Å². The molecule has 26 heavy (non-hydrogen) atoms. The molecule has 0 fully saturated rings. The van der Waals surface area contributed by atoms with Crippen LogP contribution in [0.4, 0.5) is 5.69 Å². The minimum absolute atomic E-state index is 0.0188. The number of hydrogen-bond acceptors (Lipinski definition) is 2. The van der Waals surface area contributed by atoms with Crippen molar-refractivity contribution < 1.29 is 9.53 Å². The van der Waals surface area contributed by atoms with E-state index in [1.165, 1.54) is 5.56 Å². The van der Waals surface area contributed by atoms with Crippen molar-refractivity contribution in [1.82, 2.24) is 0 Å². The quantitative estimate of drug-likeness (QED) is 0.664. The van der Waals surface area contributed by atoms with E-state index in [9.17, 15) is 4.79 Å². The zero-order chi connectivity index (χ0) is 18.2. The molecule has 1 N–H and O–H groups in total. The van der Waals surface area contributed by atoms with Gasteiger partial charge in [-0.1, -0.05) is 60.7 Å². The van der Waals surface area contributed by atoms with Gasteiger partial charge >= 0.3 is 0 Å². The van der Waals surface area contributed by atoms with Crippen LogP contribution in [0.1, 0.15) is 23.6 Å². The Morgan fingerprint density at radius 3 is 2.27 bits per heavy atom. The molecule has 3 aromatic carbocycles. The number of nitrogens with one attached hydrogen (secondary N) is 1. The molecule has 0 aromatic heterocycles. The van der Waals surface area contributed by atoms with Gasteiger partial charge in [-0.2, -0.15) is 0 Å². The molecule has 0 aliphatic rings. The first-order chi connectivity index (χ1) is 12.7. The van der Waals surface area contributed by atoms with Crippen molar-refractivity contribution in [2.24, 2.45) is 0 Å². The molecule has 0 bridgehead atoms. The second kappa shape index (κ2) is 8.86. The van der Waals surface area contributed by atoms with E-state index in [-0.39, 0.29) is 5.91 Å². The highest BCUT2D eigenvalue weighted by Gasteiger charge is 2.08. The highest BCUT2D eigenvalue weighted by Crippen LogP contribution is 2.20. The topological polar surface area (TPSA) is 38.3 Å². The van der Waals surface area contributed by atoms with Crippen molar-refractivity contribution in [3.05, 3.63) is 95.6 Å². The SMILES string of the molecule is CCOc1ccc(CC(=O)Nc2ccccc2Cc2ccccc2)cc1. The Hall–Kier alpha value is -3.07. The molecule has 0 saturated carbocycles. The van der Waals surface area contributed by atoms with Crippen molar-refractivity contribution in [1.29, 1.82) is 0 Å². The number of para-hydroxylation sites is 1. The van der Waals surface area contributed by atoms with E-state index < -0.39 is 0 Å². The molecule has 0 aliphatic carbocycles. The summed E-state index contributed by atoms with van der Waals surface area (Å²) >= 11 is 0. The fourth-order valence-corrected chi connectivity index (χ4v) is 2.86. The van der Waals surface area contributed by atoms with Crippen LogP contribution in [-0.4, -0.2) is 12.5 Å². The lowest BCUT2D eigenvalue weighted by Crippen LogP contribution is -2.15. The summed E-state index contributed by atoms with van der Waals surface area (Å²) in [6, 6.07) is 25.9. The summed E-state index contributed by atoms with van der Waals surface area (Å²) in [7, 11) is 0. The second-order valence-electron chi connectivity index (χ2n) is 6.12. The second-order valence-corrected chi connectivity index (χ2v) is 6.12. The highest BCUT2D eigenvalue weighted by atomic mass is 16.5. The molecule has 3 heteroatoms. The molecule has 0 atom stereocenters. The Morgan fingerprint density at radius 1 is 0.846 bits per heavy atom. The van der Waals surface area contributed by atoms with Crippen LogP contribution >= 0.6 is 0 Å². The lowest BCUT2D eigenvalue weighted by Gasteiger charge is -2.11. The predicted molar refractivity (Wildman–Crippen MR) is 106 cm³/mol. The summed E-state index contributed by atoms with van der Waals surface area (Å²) in [5, 5.41) is 3.05. The van der Waals surface area contributed by atoms with Crippen LogP contribution in [0.2, 0.25) is 0 Å². The molecule has 0 spiro atoms. The van der Waals surface area contributed by atoms with Crippen LogP contribution in [0.3, 0.4) is 0 Å². The maximum Gasteiger partial charge on any atom is 0.228 e. The van der Waals surface area contributed by atoms with Gasteiger partial charge in [0.2, 0.25) is 5.91 Å². The monoisotopic (exact) mass is 345 g/mol. The smallest absolute Gasteiger partial charge is 0.228 e. The van der Waals surface area contributed by atoms with Crippen molar-refractivity contribution >= 4 is 11.6 Å². The average molecular weight is 345 g/mol. The van der Waals surface area contributed by atoms with Gasteiger partial charge < -0.3 is 10.1 Å². The largest absolute Gasteiger partial charge is 0.494 e. The van der Waals surface area contributed by atoms with Crippen LogP contribution in [0, 0.1) is 0 Å². The zero-order valence-electron chi connectivity index (χ0n) is 14.9. The first-order valence-electron chi connectivity index (χ1n) is 8.88. The number of carbonyl (C=O) groups is 1. The summed E-state index contributed by atoms with van der Waals surface area (Å²) in [5.41, 5.74) is 4.17.